The van der Waals surface area contributed by atoms with Crippen molar-refractivity contribution in [2.45, 2.75) is 24.9 Å². The van der Waals surface area contributed by atoms with Crippen LogP contribution in [-0.2, 0) is 19.1 Å². The Morgan fingerprint density at radius 2 is 1.84 bits per heavy atom. The van der Waals surface area contributed by atoms with Crippen LogP contribution in [0.5, 0.6) is 5.75 Å². The molecule has 0 aromatic heterocycles. The third kappa shape index (κ3) is 2.33. The summed E-state index contributed by atoms with van der Waals surface area (Å²) in [6.07, 6.45) is 0.348. The second-order valence-electron chi connectivity index (χ2n) is 6.45. The summed E-state index contributed by atoms with van der Waals surface area (Å²) in [7, 11) is 4.33. The summed E-state index contributed by atoms with van der Waals surface area (Å²) < 4.78 is 10.1. The highest BCUT2D eigenvalue weighted by Gasteiger charge is 2.67. The van der Waals surface area contributed by atoms with Crippen LogP contribution in [0.2, 0.25) is 0 Å². The molecule has 2 amide bonds. The topological polar surface area (TPSA) is 84.9 Å². The molecule has 1 N–H and O–H groups in total. The molecule has 0 radical (unpaired) electrons. The maximum absolute atomic E-state index is 12.7. The Morgan fingerprint density at radius 1 is 1.20 bits per heavy atom. The van der Waals surface area contributed by atoms with E-state index in [0.717, 1.165) is 10.5 Å². The molecule has 0 bridgehead atoms. The number of rotatable bonds is 4. The van der Waals surface area contributed by atoms with Gasteiger partial charge in [-0.25, -0.2) is 0 Å². The van der Waals surface area contributed by atoms with Gasteiger partial charge in [0.25, 0.3) is 0 Å². The van der Waals surface area contributed by atoms with Crippen LogP contribution in [0, 0.1) is 11.8 Å². The number of ether oxygens (including phenoxy) is 2. The fraction of sp³-hybridized carbons (Fsp3) is 0.500. The molecular weight excluding hydrogens is 324 g/mol. The third-order valence-corrected chi connectivity index (χ3v) is 5.46. The molecule has 1 aromatic rings. The summed E-state index contributed by atoms with van der Waals surface area (Å²) in [5.41, 5.74) is -0.381. The number of methoxy groups -OCH3 is 2. The Hall–Kier alpha value is -2.41. The number of nitrogens with one attached hydrogen (secondary N) is 1. The van der Waals surface area contributed by atoms with Gasteiger partial charge in [0.05, 0.1) is 26.1 Å². The van der Waals surface area contributed by atoms with Crippen molar-refractivity contribution in [3.8, 4) is 5.75 Å². The Kier molecular flexibility index (Phi) is 4.28. The van der Waals surface area contributed by atoms with E-state index in [9.17, 15) is 14.4 Å². The van der Waals surface area contributed by atoms with Crippen LogP contribution in [0.15, 0.2) is 24.3 Å². The van der Waals surface area contributed by atoms with E-state index in [-0.39, 0.29) is 11.8 Å². The molecule has 0 aliphatic carbocycles. The molecule has 4 atom stereocenters. The Labute approximate surface area is 146 Å². The minimum absolute atomic E-state index is 0.275. The molecule has 1 aromatic carbocycles. The average molecular weight is 346 g/mol. The maximum Gasteiger partial charge on any atom is 0.326 e. The van der Waals surface area contributed by atoms with Gasteiger partial charge in [-0.2, -0.15) is 0 Å². The number of fused-ring (bicyclic) bond motifs is 1. The minimum atomic E-state index is -1.21. The number of benzene rings is 1. The second kappa shape index (κ2) is 6.15. The van der Waals surface area contributed by atoms with Crippen molar-refractivity contribution in [2.24, 2.45) is 11.8 Å². The number of esters is 1. The molecule has 134 valence electrons. The first-order valence-electron chi connectivity index (χ1n) is 8.22. The van der Waals surface area contributed by atoms with E-state index in [2.05, 4.69) is 5.32 Å². The van der Waals surface area contributed by atoms with Gasteiger partial charge in [-0.05, 0) is 24.1 Å². The molecule has 2 aliphatic heterocycles. The molecule has 7 heteroatoms. The highest BCUT2D eigenvalue weighted by atomic mass is 16.5. The number of hydrogen-bond donors (Lipinski definition) is 1. The zero-order valence-corrected chi connectivity index (χ0v) is 14.7. The number of amides is 2. The number of nitrogens with zero attached hydrogens (tertiary/aromatic N) is 1. The predicted octanol–water partition coefficient (Wildman–Crippen LogP) is 0.892. The maximum atomic E-state index is 12.7. The largest absolute Gasteiger partial charge is 0.497 e. The molecule has 7 nitrogen and oxygen atoms in total. The Morgan fingerprint density at radius 3 is 2.36 bits per heavy atom. The van der Waals surface area contributed by atoms with E-state index in [1.807, 2.05) is 19.1 Å². The fourth-order valence-electron chi connectivity index (χ4n) is 4.08. The van der Waals surface area contributed by atoms with Gasteiger partial charge in [0.2, 0.25) is 11.8 Å². The van der Waals surface area contributed by atoms with Crippen molar-refractivity contribution in [3.63, 3.8) is 0 Å². The Balaban J connectivity index is 2.09. The first-order valence-corrected chi connectivity index (χ1v) is 8.22. The SMILES string of the molecule is CC[C@@]1(C(=O)OC)N[C@@H](c2ccc(OC)cc2)[C@H]2C(=O)N(C)C(=O)[C@H]21. The van der Waals surface area contributed by atoms with Crippen LogP contribution < -0.4 is 10.1 Å². The van der Waals surface area contributed by atoms with Crippen LogP contribution in [0.25, 0.3) is 0 Å². The lowest BCUT2D eigenvalue weighted by atomic mass is 9.78. The van der Waals surface area contributed by atoms with Crippen molar-refractivity contribution >= 4 is 17.8 Å². The molecule has 2 fully saturated rings. The zero-order chi connectivity index (χ0) is 18.4. The summed E-state index contributed by atoms with van der Waals surface area (Å²) in [6, 6.07) is 6.82. The molecule has 0 saturated carbocycles. The highest BCUT2D eigenvalue weighted by Crippen LogP contribution is 2.50. The minimum Gasteiger partial charge on any atom is -0.497 e. The monoisotopic (exact) mass is 346 g/mol. The normalized spacial score (nSPS) is 31.2. The van der Waals surface area contributed by atoms with Gasteiger partial charge in [0.1, 0.15) is 11.3 Å². The van der Waals surface area contributed by atoms with E-state index >= 15 is 0 Å². The van der Waals surface area contributed by atoms with Gasteiger partial charge in [-0.3, -0.25) is 24.6 Å². The number of likely N-dealkylation sites (tertiary alicyclic amines) is 1. The van der Waals surface area contributed by atoms with Crippen LogP contribution in [0.4, 0.5) is 0 Å². The predicted molar refractivity (Wildman–Crippen MR) is 88.7 cm³/mol. The fourth-order valence-corrected chi connectivity index (χ4v) is 4.08. The number of hydrogen-bond acceptors (Lipinski definition) is 6. The first kappa shape index (κ1) is 17.4. The summed E-state index contributed by atoms with van der Waals surface area (Å²) in [4.78, 5) is 39.1. The lowest BCUT2D eigenvalue weighted by molar-refractivity contribution is -0.154. The number of imide groups is 1. The molecule has 2 saturated heterocycles. The lowest BCUT2D eigenvalue weighted by Gasteiger charge is -2.30. The van der Waals surface area contributed by atoms with Crippen LogP contribution in [0.3, 0.4) is 0 Å². The van der Waals surface area contributed by atoms with Gasteiger partial charge in [-0.15, -0.1) is 0 Å². The number of carbonyl (C=O) groups is 3. The van der Waals surface area contributed by atoms with Crippen LogP contribution in [0.1, 0.15) is 24.9 Å². The third-order valence-electron chi connectivity index (χ3n) is 5.46. The first-order chi connectivity index (χ1) is 11.9. The molecule has 3 rings (SSSR count). The van der Waals surface area contributed by atoms with E-state index in [1.165, 1.54) is 14.2 Å². The summed E-state index contributed by atoms with van der Waals surface area (Å²) in [5, 5.41) is 3.26. The smallest absolute Gasteiger partial charge is 0.326 e. The second-order valence-corrected chi connectivity index (χ2v) is 6.45. The summed E-state index contributed by atoms with van der Waals surface area (Å²) in [6.45, 7) is 1.81. The van der Waals surface area contributed by atoms with Gasteiger partial charge in [-0.1, -0.05) is 19.1 Å². The molecule has 25 heavy (non-hydrogen) atoms. The molecular formula is C18H22N2O5. The van der Waals surface area contributed by atoms with Crippen molar-refractivity contribution in [1.82, 2.24) is 10.2 Å². The van der Waals surface area contributed by atoms with Gasteiger partial charge >= 0.3 is 5.97 Å². The molecule has 0 unspecified atom stereocenters. The molecule has 0 spiro atoms. The lowest BCUT2D eigenvalue weighted by Crippen LogP contribution is -2.55. The van der Waals surface area contributed by atoms with E-state index in [0.29, 0.717) is 12.2 Å². The van der Waals surface area contributed by atoms with Gasteiger partial charge < -0.3 is 9.47 Å². The number of carbonyl (C=O) groups excluding carboxylic acids is 3. The van der Waals surface area contributed by atoms with Gasteiger partial charge in [0, 0.05) is 13.1 Å². The van der Waals surface area contributed by atoms with Crippen LogP contribution >= 0.6 is 0 Å². The van der Waals surface area contributed by atoms with Crippen molar-refractivity contribution in [3.05, 3.63) is 29.8 Å². The Bertz CT molecular complexity index is 717. The summed E-state index contributed by atoms with van der Waals surface area (Å²) in [5.74, 6) is -1.84. The van der Waals surface area contributed by atoms with Crippen molar-refractivity contribution < 1.29 is 23.9 Å². The zero-order valence-electron chi connectivity index (χ0n) is 14.7. The summed E-state index contributed by atoms with van der Waals surface area (Å²) >= 11 is 0. The van der Waals surface area contributed by atoms with Crippen molar-refractivity contribution in [2.75, 3.05) is 21.3 Å². The van der Waals surface area contributed by atoms with Crippen molar-refractivity contribution in [1.29, 1.82) is 0 Å². The average Bonchev–Trinajstić information content (AvgIpc) is 3.11. The highest BCUT2D eigenvalue weighted by molar-refractivity contribution is 6.09. The van der Waals surface area contributed by atoms with Gasteiger partial charge in [0.15, 0.2) is 0 Å². The standard InChI is InChI=1S/C18H22N2O5/c1-5-18(17(23)25-4)13-12(15(21)20(2)16(13)22)14(19-18)10-6-8-11(24-3)9-7-10/h6-9,12-14,19H,5H2,1-4H3/t12-,13-,14-,18+/m0/s1. The molecule has 2 heterocycles. The van der Waals surface area contributed by atoms with E-state index in [1.54, 1.807) is 19.2 Å². The molecule has 2 aliphatic rings. The quantitative estimate of drug-likeness (QED) is 0.644. The van der Waals surface area contributed by atoms with E-state index in [4.69, 9.17) is 9.47 Å². The van der Waals surface area contributed by atoms with Crippen LogP contribution in [-0.4, -0.2) is 49.5 Å². The van der Waals surface area contributed by atoms with E-state index < -0.39 is 29.4 Å².